The number of pyridine rings is 1. The van der Waals surface area contributed by atoms with Crippen LogP contribution in [0.5, 0.6) is 0 Å². The molecule has 176 valence electrons. The molecule has 0 fully saturated rings. The van der Waals surface area contributed by atoms with E-state index in [-0.39, 0.29) is 11.4 Å². The topological polar surface area (TPSA) is 67.4 Å². The molecular formula is C24H13F6N5. The molecule has 35 heavy (non-hydrogen) atoms. The maximum atomic E-state index is 13.7. The second kappa shape index (κ2) is 9.06. The quantitative estimate of drug-likeness (QED) is 0.242. The van der Waals surface area contributed by atoms with Gasteiger partial charge in [-0.25, -0.2) is 9.67 Å². The Kier molecular flexibility index (Phi) is 6.13. The summed E-state index contributed by atoms with van der Waals surface area (Å²) in [5, 5.41) is 13.7. The van der Waals surface area contributed by atoms with E-state index in [0.29, 0.717) is 5.56 Å². The van der Waals surface area contributed by atoms with Gasteiger partial charge in [-0.2, -0.15) is 31.6 Å². The molecule has 0 aliphatic carbocycles. The summed E-state index contributed by atoms with van der Waals surface area (Å²) >= 11 is 0. The summed E-state index contributed by atoms with van der Waals surface area (Å²) in [6.07, 6.45) is -5.59. The van der Waals surface area contributed by atoms with Gasteiger partial charge in [0.2, 0.25) is 0 Å². The predicted molar refractivity (Wildman–Crippen MR) is 115 cm³/mol. The summed E-state index contributed by atoms with van der Waals surface area (Å²) in [4.78, 5) is 7.91. The molecule has 0 N–H and O–H groups in total. The molecular weight excluding hydrogens is 472 g/mol. The number of nitrogens with zero attached hydrogens (tertiary/aromatic N) is 5. The third-order valence-corrected chi connectivity index (χ3v) is 4.94. The first kappa shape index (κ1) is 23.7. The molecule has 4 rings (SSSR count). The summed E-state index contributed by atoms with van der Waals surface area (Å²) in [6.45, 7) is 0. The molecule has 0 saturated heterocycles. The van der Waals surface area contributed by atoms with Gasteiger partial charge >= 0.3 is 12.4 Å². The van der Waals surface area contributed by atoms with Crippen molar-refractivity contribution < 1.29 is 26.3 Å². The molecule has 2 heterocycles. The molecule has 2 aromatic carbocycles. The van der Waals surface area contributed by atoms with Gasteiger partial charge < -0.3 is 0 Å². The molecule has 4 aromatic rings. The van der Waals surface area contributed by atoms with Gasteiger partial charge in [0.1, 0.15) is 6.07 Å². The van der Waals surface area contributed by atoms with Crippen LogP contribution in [-0.2, 0) is 12.4 Å². The number of halogens is 6. The summed E-state index contributed by atoms with van der Waals surface area (Å²) in [7, 11) is 0. The lowest BCUT2D eigenvalue weighted by molar-refractivity contribution is -0.137. The number of hydrogen-bond donors (Lipinski definition) is 0. The normalized spacial score (nSPS) is 12.4. The zero-order valence-electron chi connectivity index (χ0n) is 17.5. The molecule has 0 aliphatic rings. The highest BCUT2D eigenvalue weighted by Crippen LogP contribution is 2.39. The summed E-state index contributed by atoms with van der Waals surface area (Å²) in [6, 6.07) is 13.9. The predicted octanol–water partition coefficient (Wildman–Crippen LogP) is 6.57. The highest BCUT2D eigenvalue weighted by molar-refractivity contribution is 5.86. The van der Waals surface area contributed by atoms with Crippen molar-refractivity contribution in [2.75, 3.05) is 0 Å². The van der Waals surface area contributed by atoms with E-state index < -0.39 is 40.4 Å². The summed E-state index contributed by atoms with van der Waals surface area (Å²) < 4.78 is 82.9. The van der Waals surface area contributed by atoms with Crippen molar-refractivity contribution >= 4 is 11.8 Å². The van der Waals surface area contributed by atoms with Crippen molar-refractivity contribution in [1.29, 1.82) is 5.26 Å². The third-order valence-electron chi connectivity index (χ3n) is 4.94. The number of rotatable bonds is 4. The smallest absolute Gasteiger partial charge is 0.265 e. The fraction of sp³-hybridized carbons (Fsp3) is 0.0833. The first-order chi connectivity index (χ1) is 16.6. The molecule has 0 radical (unpaired) electrons. The molecule has 0 unspecified atom stereocenters. The molecule has 0 saturated carbocycles. The molecule has 0 spiro atoms. The highest BCUT2D eigenvalue weighted by Gasteiger charge is 2.36. The van der Waals surface area contributed by atoms with E-state index in [1.165, 1.54) is 48.8 Å². The van der Waals surface area contributed by atoms with E-state index in [4.69, 9.17) is 0 Å². The Labute approximate surface area is 194 Å². The van der Waals surface area contributed by atoms with Gasteiger partial charge in [-0.3, -0.25) is 4.98 Å². The standard InChI is InChI=1S/C24H13F6N5/c25-23(26,27)19-7-3-1-5-17(19)21-33-22(18-6-2-4-8-20(18)24(28,29)30)35(34-21)14-16(13-31)15-9-11-32-12-10-15/h1-12,14H. The van der Waals surface area contributed by atoms with Crippen LogP contribution >= 0.6 is 0 Å². The number of nitriles is 1. The fourth-order valence-corrected chi connectivity index (χ4v) is 3.38. The highest BCUT2D eigenvalue weighted by atomic mass is 19.4. The van der Waals surface area contributed by atoms with Gasteiger partial charge in [-0.1, -0.05) is 36.4 Å². The summed E-state index contributed by atoms with van der Waals surface area (Å²) in [5.41, 5.74) is -2.57. The van der Waals surface area contributed by atoms with Gasteiger partial charge in [-0.05, 0) is 29.8 Å². The fourth-order valence-electron chi connectivity index (χ4n) is 3.38. The first-order valence-electron chi connectivity index (χ1n) is 9.91. The average Bonchev–Trinajstić information content (AvgIpc) is 3.25. The van der Waals surface area contributed by atoms with E-state index in [2.05, 4.69) is 15.1 Å². The van der Waals surface area contributed by atoms with Crippen LogP contribution < -0.4 is 0 Å². The molecule has 0 atom stereocenters. The van der Waals surface area contributed by atoms with Crippen LogP contribution in [-0.4, -0.2) is 19.7 Å². The second-order valence-electron chi connectivity index (χ2n) is 7.18. The van der Waals surface area contributed by atoms with Crippen molar-refractivity contribution in [1.82, 2.24) is 19.7 Å². The van der Waals surface area contributed by atoms with Gasteiger partial charge in [0.05, 0.1) is 16.7 Å². The van der Waals surface area contributed by atoms with E-state index >= 15 is 0 Å². The third kappa shape index (κ3) is 4.91. The Hall–Kier alpha value is -4.46. The first-order valence-corrected chi connectivity index (χ1v) is 9.91. The van der Waals surface area contributed by atoms with Crippen LogP contribution in [0.1, 0.15) is 16.7 Å². The Morgan fingerprint density at radius 2 is 1.34 bits per heavy atom. The van der Waals surface area contributed by atoms with Gasteiger partial charge in [0, 0.05) is 29.7 Å². The van der Waals surface area contributed by atoms with Crippen LogP contribution in [0, 0.1) is 11.3 Å². The number of alkyl halides is 6. The molecule has 5 nitrogen and oxygen atoms in total. The van der Waals surface area contributed by atoms with E-state index in [0.717, 1.165) is 35.1 Å². The average molecular weight is 485 g/mol. The van der Waals surface area contributed by atoms with Crippen LogP contribution in [0.15, 0.2) is 73.1 Å². The van der Waals surface area contributed by atoms with Gasteiger partial charge in [-0.15, -0.1) is 5.10 Å². The molecule has 2 aromatic heterocycles. The maximum Gasteiger partial charge on any atom is 0.417 e. The SMILES string of the molecule is N#CC(=Cn1nc(-c2ccccc2C(F)(F)F)nc1-c1ccccc1C(F)(F)F)c1ccncc1. The van der Waals surface area contributed by atoms with Crippen LogP contribution in [0.3, 0.4) is 0 Å². The van der Waals surface area contributed by atoms with Crippen molar-refractivity contribution in [3.05, 3.63) is 89.7 Å². The minimum Gasteiger partial charge on any atom is -0.265 e. The molecule has 0 amide bonds. The van der Waals surface area contributed by atoms with Crippen molar-refractivity contribution in [3.63, 3.8) is 0 Å². The minimum atomic E-state index is -4.77. The maximum absolute atomic E-state index is 13.7. The number of hydrogen-bond acceptors (Lipinski definition) is 4. The van der Waals surface area contributed by atoms with Crippen molar-refractivity contribution in [2.45, 2.75) is 12.4 Å². The molecule has 11 heteroatoms. The number of aromatic nitrogens is 4. The summed E-state index contributed by atoms with van der Waals surface area (Å²) in [5.74, 6) is -0.833. The largest absolute Gasteiger partial charge is 0.417 e. The van der Waals surface area contributed by atoms with Crippen molar-refractivity contribution in [3.8, 4) is 28.8 Å². The Balaban J connectivity index is 2.00. The zero-order valence-corrected chi connectivity index (χ0v) is 17.5. The van der Waals surface area contributed by atoms with Crippen LogP contribution in [0.2, 0.25) is 0 Å². The Bertz CT molecular complexity index is 1430. The van der Waals surface area contributed by atoms with E-state index in [1.54, 1.807) is 0 Å². The molecule has 0 aliphatic heterocycles. The number of benzene rings is 2. The monoisotopic (exact) mass is 485 g/mol. The van der Waals surface area contributed by atoms with Crippen LogP contribution in [0.4, 0.5) is 26.3 Å². The lowest BCUT2D eigenvalue weighted by Gasteiger charge is -2.12. The lowest BCUT2D eigenvalue weighted by Crippen LogP contribution is -2.08. The Morgan fingerprint density at radius 1 is 0.800 bits per heavy atom. The van der Waals surface area contributed by atoms with Crippen LogP contribution in [0.25, 0.3) is 34.5 Å². The van der Waals surface area contributed by atoms with Gasteiger partial charge in [0.15, 0.2) is 11.6 Å². The number of allylic oxidation sites excluding steroid dienone is 1. The van der Waals surface area contributed by atoms with E-state index in [1.807, 2.05) is 6.07 Å². The molecule has 0 bridgehead atoms. The minimum absolute atomic E-state index is 0.0151. The lowest BCUT2D eigenvalue weighted by atomic mass is 10.1. The van der Waals surface area contributed by atoms with E-state index in [9.17, 15) is 31.6 Å². The van der Waals surface area contributed by atoms with Gasteiger partial charge in [0.25, 0.3) is 0 Å². The zero-order chi connectivity index (χ0) is 25.2. The van der Waals surface area contributed by atoms with Crippen molar-refractivity contribution in [2.24, 2.45) is 0 Å². The second-order valence-corrected chi connectivity index (χ2v) is 7.18. The Morgan fingerprint density at radius 3 is 1.91 bits per heavy atom.